The van der Waals surface area contributed by atoms with Gasteiger partial charge in [0.15, 0.2) is 0 Å². The Morgan fingerprint density at radius 1 is 1.60 bits per heavy atom. The van der Waals surface area contributed by atoms with Crippen molar-refractivity contribution in [3.8, 4) is 0 Å². The summed E-state index contributed by atoms with van der Waals surface area (Å²) in [5.74, 6) is 0.0631. The lowest BCUT2D eigenvalue weighted by Crippen LogP contribution is -2.56. The fourth-order valence-corrected chi connectivity index (χ4v) is 2.44. The molecule has 0 bridgehead atoms. The topological polar surface area (TPSA) is 61.4 Å². The highest BCUT2D eigenvalue weighted by Gasteiger charge is 2.39. The Labute approximate surface area is 90.4 Å². The molecule has 2 rings (SSSR count). The molecule has 2 atom stereocenters. The number of amides is 1. The van der Waals surface area contributed by atoms with Gasteiger partial charge in [-0.05, 0) is 32.1 Å². The van der Waals surface area contributed by atoms with Gasteiger partial charge in [-0.25, -0.2) is 0 Å². The third-order valence-corrected chi connectivity index (χ3v) is 3.80. The van der Waals surface area contributed by atoms with E-state index in [4.69, 9.17) is 0 Å². The summed E-state index contributed by atoms with van der Waals surface area (Å²) in [4.78, 5) is 11.9. The zero-order valence-electron chi connectivity index (χ0n) is 9.25. The average Bonchev–Trinajstić information content (AvgIpc) is 2.58. The molecule has 0 spiro atoms. The normalized spacial score (nSPS) is 33.5. The van der Waals surface area contributed by atoms with Crippen LogP contribution < -0.4 is 10.6 Å². The number of hydrogen-bond acceptors (Lipinski definition) is 3. The van der Waals surface area contributed by atoms with E-state index in [0.29, 0.717) is 13.0 Å². The average molecular weight is 212 g/mol. The van der Waals surface area contributed by atoms with Gasteiger partial charge in [-0.1, -0.05) is 6.92 Å². The smallest absolute Gasteiger partial charge is 0.237 e. The van der Waals surface area contributed by atoms with E-state index < -0.39 is 0 Å². The molecule has 4 heteroatoms. The Morgan fingerprint density at radius 3 is 2.73 bits per heavy atom. The Kier molecular flexibility index (Phi) is 2.98. The van der Waals surface area contributed by atoms with Crippen LogP contribution in [0.2, 0.25) is 0 Å². The van der Waals surface area contributed by atoms with Crippen molar-refractivity contribution in [3.63, 3.8) is 0 Å². The molecule has 1 aliphatic heterocycles. The van der Waals surface area contributed by atoms with Crippen molar-refractivity contribution in [1.82, 2.24) is 10.6 Å². The Morgan fingerprint density at radius 2 is 2.33 bits per heavy atom. The first-order valence-corrected chi connectivity index (χ1v) is 5.89. The van der Waals surface area contributed by atoms with Crippen molar-refractivity contribution < 1.29 is 9.90 Å². The number of aliphatic hydroxyl groups is 1. The van der Waals surface area contributed by atoms with E-state index in [1.165, 1.54) is 6.42 Å². The molecular weight excluding hydrogens is 192 g/mol. The van der Waals surface area contributed by atoms with Crippen molar-refractivity contribution in [1.29, 1.82) is 0 Å². The lowest BCUT2D eigenvalue weighted by Gasteiger charge is -2.42. The number of hydrogen-bond donors (Lipinski definition) is 3. The van der Waals surface area contributed by atoms with Crippen LogP contribution in [-0.4, -0.2) is 35.2 Å². The Balaban J connectivity index is 1.86. The minimum atomic E-state index is -0.361. The molecule has 1 amide bonds. The van der Waals surface area contributed by atoms with Crippen LogP contribution in [-0.2, 0) is 4.79 Å². The molecule has 0 aromatic rings. The van der Waals surface area contributed by atoms with Crippen LogP contribution in [0.5, 0.6) is 0 Å². The molecule has 3 N–H and O–H groups in total. The van der Waals surface area contributed by atoms with Gasteiger partial charge in [0.2, 0.25) is 5.91 Å². The van der Waals surface area contributed by atoms with E-state index in [1.54, 1.807) is 0 Å². The van der Waals surface area contributed by atoms with Crippen LogP contribution in [0.4, 0.5) is 0 Å². The fraction of sp³-hybridized carbons (Fsp3) is 0.909. The van der Waals surface area contributed by atoms with Crippen LogP contribution in [0.3, 0.4) is 0 Å². The largest absolute Gasteiger partial charge is 0.392 e. The number of β-amino-alcohol motifs (C(OH)–C–C–N with tert-alkyl or cyclic N) is 1. The second kappa shape index (κ2) is 4.10. The van der Waals surface area contributed by atoms with E-state index in [-0.39, 0.29) is 23.6 Å². The minimum Gasteiger partial charge on any atom is -0.392 e. The van der Waals surface area contributed by atoms with Gasteiger partial charge in [0.1, 0.15) is 0 Å². The zero-order chi connectivity index (χ0) is 10.9. The first kappa shape index (κ1) is 10.9. The van der Waals surface area contributed by atoms with Gasteiger partial charge in [0, 0.05) is 12.1 Å². The highest BCUT2D eigenvalue weighted by atomic mass is 16.3. The SMILES string of the molecule is CCC1(NC(=O)C2CC(O)CN2)CCC1. The van der Waals surface area contributed by atoms with Gasteiger partial charge in [-0.3, -0.25) is 4.79 Å². The van der Waals surface area contributed by atoms with E-state index in [0.717, 1.165) is 19.3 Å². The zero-order valence-corrected chi connectivity index (χ0v) is 9.25. The molecule has 0 radical (unpaired) electrons. The molecule has 4 nitrogen and oxygen atoms in total. The fourth-order valence-electron chi connectivity index (χ4n) is 2.44. The van der Waals surface area contributed by atoms with Crippen LogP contribution in [0.1, 0.15) is 39.0 Å². The molecule has 0 aromatic heterocycles. The molecule has 2 unspecified atom stereocenters. The summed E-state index contributed by atoms with van der Waals surface area (Å²) in [5, 5.41) is 15.5. The summed E-state index contributed by atoms with van der Waals surface area (Å²) in [5.41, 5.74) is 0.0618. The molecule has 1 aliphatic carbocycles. The highest BCUT2D eigenvalue weighted by Crippen LogP contribution is 2.34. The third kappa shape index (κ3) is 2.16. The van der Waals surface area contributed by atoms with Gasteiger partial charge >= 0.3 is 0 Å². The molecule has 2 aliphatic rings. The maximum absolute atomic E-state index is 11.9. The molecule has 15 heavy (non-hydrogen) atoms. The first-order valence-electron chi connectivity index (χ1n) is 5.89. The van der Waals surface area contributed by atoms with Crippen molar-refractivity contribution in [2.45, 2.75) is 56.7 Å². The molecule has 1 heterocycles. The van der Waals surface area contributed by atoms with Gasteiger partial charge in [-0.2, -0.15) is 0 Å². The lowest BCUT2D eigenvalue weighted by atomic mass is 9.74. The number of carbonyl (C=O) groups is 1. The summed E-state index contributed by atoms with van der Waals surface area (Å²) >= 11 is 0. The summed E-state index contributed by atoms with van der Waals surface area (Å²) in [6.07, 6.45) is 4.61. The van der Waals surface area contributed by atoms with Gasteiger partial charge in [-0.15, -0.1) is 0 Å². The molecule has 86 valence electrons. The second-order valence-corrected chi connectivity index (χ2v) is 4.83. The highest BCUT2D eigenvalue weighted by molar-refractivity contribution is 5.83. The molecular formula is C11H20N2O2. The Hall–Kier alpha value is -0.610. The summed E-state index contributed by atoms with van der Waals surface area (Å²) in [6.45, 7) is 2.66. The number of aliphatic hydroxyl groups excluding tert-OH is 1. The lowest BCUT2D eigenvalue weighted by molar-refractivity contribution is -0.126. The number of nitrogens with one attached hydrogen (secondary N) is 2. The summed E-state index contributed by atoms with van der Waals surface area (Å²) < 4.78 is 0. The first-order chi connectivity index (χ1) is 7.15. The van der Waals surface area contributed by atoms with Crippen LogP contribution in [0, 0.1) is 0 Å². The third-order valence-electron chi connectivity index (χ3n) is 3.80. The van der Waals surface area contributed by atoms with Crippen molar-refractivity contribution in [2.75, 3.05) is 6.54 Å². The van der Waals surface area contributed by atoms with E-state index in [1.807, 2.05) is 0 Å². The molecule has 0 aromatic carbocycles. The van der Waals surface area contributed by atoms with E-state index in [2.05, 4.69) is 17.6 Å². The summed E-state index contributed by atoms with van der Waals surface area (Å²) in [6, 6.07) is -0.191. The van der Waals surface area contributed by atoms with Crippen LogP contribution in [0.25, 0.3) is 0 Å². The monoisotopic (exact) mass is 212 g/mol. The maximum Gasteiger partial charge on any atom is 0.237 e. The van der Waals surface area contributed by atoms with E-state index >= 15 is 0 Å². The predicted molar refractivity (Wildman–Crippen MR) is 57.4 cm³/mol. The van der Waals surface area contributed by atoms with Gasteiger partial charge in [0.25, 0.3) is 0 Å². The minimum absolute atomic E-state index is 0.0618. The van der Waals surface area contributed by atoms with Crippen molar-refractivity contribution in [3.05, 3.63) is 0 Å². The quantitative estimate of drug-likeness (QED) is 0.624. The molecule has 1 saturated heterocycles. The van der Waals surface area contributed by atoms with Gasteiger partial charge < -0.3 is 15.7 Å². The molecule has 2 fully saturated rings. The van der Waals surface area contributed by atoms with Gasteiger partial charge in [0.05, 0.1) is 12.1 Å². The second-order valence-electron chi connectivity index (χ2n) is 4.83. The van der Waals surface area contributed by atoms with Crippen molar-refractivity contribution >= 4 is 5.91 Å². The maximum atomic E-state index is 11.9. The van der Waals surface area contributed by atoms with Crippen molar-refractivity contribution in [2.24, 2.45) is 0 Å². The summed E-state index contributed by atoms with van der Waals surface area (Å²) in [7, 11) is 0. The number of carbonyl (C=O) groups excluding carboxylic acids is 1. The van der Waals surface area contributed by atoms with E-state index in [9.17, 15) is 9.90 Å². The number of rotatable bonds is 3. The standard InChI is InChI=1S/C11H20N2O2/c1-2-11(4-3-5-11)13-10(15)9-6-8(14)7-12-9/h8-9,12,14H,2-7H2,1H3,(H,13,15). The molecule has 1 saturated carbocycles. The van der Waals surface area contributed by atoms with Crippen LogP contribution >= 0.6 is 0 Å². The predicted octanol–water partition coefficient (Wildman–Crippen LogP) is 0.158. The van der Waals surface area contributed by atoms with Crippen LogP contribution in [0.15, 0.2) is 0 Å². The Bertz CT molecular complexity index is 245.